The van der Waals surface area contributed by atoms with Crippen LogP contribution < -0.4 is 5.32 Å². The fraction of sp³-hybridized carbons (Fsp3) is 0.571. The van der Waals surface area contributed by atoms with E-state index in [0.29, 0.717) is 11.5 Å². The van der Waals surface area contributed by atoms with Gasteiger partial charge in [-0.25, -0.2) is 8.78 Å². The third kappa shape index (κ3) is 2.21. The number of nitrogens with one attached hydrogen (secondary N) is 1. The summed E-state index contributed by atoms with van der Waals surface area (Å²) < 4.78 is 26.8. The van der Waals surface area contributed by atoms with E-state index in [1.165, 1.54) is 6.07 Å². The van der Waals surface area contributed by atoms with E-state index in [1.54, 1.807) is 6.07 Å². The molecule has 0 aromatic heterocycles. The number of hydrogen-bond acceptors (Lipinski definition) is 1. The van der Waals surface area contributed by atoms with Gasteiger partial charge in [0.1, 0.15) is 11.6 Å². The summed E-state index contributed by atoms with van der Waals surface area (Å²) in [6.07, 6.45) is 3.12. The average Bonchev–Trinajstić information content (AvgIpc) is 2.23. The highest BCUT2D eigenvalue weighted by molar-refractivity contribution is 5.31. The first-order valence-electron chi connectivity index (χ1n) is 6.21. The zero-order valence-corrected chi connectivity index (χ0v) is 10.4. The van der Waals surface area contributed by atoms with E-state index in [1.807, 2.05) is 7.05 Å². The summed E-state index contributed by atoms with van der Waals surface area (Å²) in [5, 5.41) is 3.14. The van der Waals surface area contributed by atoms with Gasteiger partial charge in [-0.1, -0.05) is 19.4 Å². The minimum atomic E-state index is -0.503. The predicted molar refractivity (Wildman–Crippen MR) is 65.0 cm³/mol. The Morgan fingerprint density at radius 2 is 2.06 bits per heavy atom. The molecule has 1 aliphatic carbocycles. The molecular weight excluding hydrogens is 220 g/mol. The molecule has 0 bridgehead atoms. The lowest BCUT2D eigenvalue weighted by atomic mass is 9.57. The SMILES string of the molecule is CCC1CC(CNC)(c2ccc(F)cc2F)C1. The van der Waals surface area contributed by atoms with Crippen LogP contribution in [0.25, 0.3) is 0 Å². The van der Waals surface area contributed by atoms with Crippen molar-refractivity contribution in [3.8, 4) is 0 Å². The molecule has 1 fully saturated rings. The van der Waals surface area contributed by atoms with Crippen molar-refractivity contribution < 1.29 is 8.78 Å². The van der Waals surface area contributed by atoms with Crippen LogP contribution in [0.5, 0.6) is 0 Å². The van der Waals surface area contributed by atoms with Crippen LogP contribution in [0.1, 0.15) is 31.7 Å². The lowest BCUT2D eigenvalue weighted by molar-refractivity contribution is 0.132. The summed E-state index contributed by atoms with van der Waals surface area (Å²) in [7, 11) is 1.88. The monoisotopic (exact) mass is 239 g/mol. The summed E-state index contributed by atoms with van der Waals surface area (Å²) in [5.74, 6) is -0.236. The van der Waals surface area contributed by atoms with E-state index in [-0.39, 0.29) is 5.41 Å². The second-order valence-electron chi connectivity index (χ2n) is 5.12. The van der Waals surface area contributed by atoms with E-state index in [4.69, 9.17) is 0 Å². The Bertz CT molecular complexity index is 397. The maximum absolute atomic E-state index is 13.9. The van der Waals surface area contributed by atoms with Crippen LogP contribution in [0.15, 0.2) is 18.2 Å². The number of likely N-dealkylation sites (N-methyl/N-ethyl adjacent to an activating group) is 1. The second-order valence-corrected chi connectivity index (χ2v) is 5.12. The second kappa shape index (κ2) is 4.73. The normalized spacial score (nSPS) is 27.9. The maximum atomic E-state index is 13.9. The van der Waals surface area contributed by atoms with Gasteiger partial charge in [-0.2, -0.15) is 0 Å². The van der Waals surface area contributed by atoms with Crippen molar-refractivity contribution >= 4 is 0 Å². The van der Waals surface area contributed by atoms with Crippen molar-refractivity contribution in [2.75, 3.05) is 13.6 Å². The number of rotatable bonds is 4. The molecule has 0 saturated heterocycles. The first kappa shape index (κ1) is 12.5. The highest BCUT2D eigenvalue weighted by atomic mass is 19.1. The lowest BCUT2D eigenvalue weighted by Gasteiger charge is -2.48. The molecule has 0 aliphatic heterocycles. The van der Waals surface area contributed by atoms with Crippen LogP contribution in [0.4, 0.5) is 8.78 Å². The lowest BCUT2D eigenvalue weighted by Crippen LogP contribution is -2.48. The summed E-state index contributed by atoms with van der Waals surface area (Å²) in [4.78, 5) is 0. The van der Waals surface area contributed by atoms with E-state index in [2.05, 4.69) is 12.2 Å². The van der Waals surface area contributed by atoms with Gasteiger partial charge in [-0.05, 0) is 37.4 Å². The Morgan fingerprint density at radius 1 is 1.35 bits per heavy atom. The molecule has 0 amide bonds. The van der Waals surface area contributed by atoms with E-state index in [9.17, 15) is 8.78 Å². The Kier molecular flexibility index (Phi) is 3.48. The molecule has 1 aromatic rings. The Morgan fingerprint density at radius 3 is 2.59 bits per heavy atom. The topological polar surface area (TPSA) is 12.0 Å². The molecule has 0 atom stereocenters. The van der Waals surface area contributed by atoms with E-state index in [0.717, 1.165) is 31.9 Å². The number of hydrogen-bond donors (Lipinski definition) is 1. The van der Waals surface area contributed by atoms with Crippen LogP contribution in [0.2, 0.25) is 0 Å². The molecule has 1 nitrogen and oxygen atoms in total. The molecule has 17 heavy (non-hydrogen) atoms. The molecule has 1 N–H and O–H groups in total. The summed E-state index contributed by atoms with van der Waals surface area (Å²) in [6, 6.07) is 3.95. The Hall–Kier alpha value is -0.960. The first-order valence-corrected chi connectivity index (χ1v) is 6.21. The molecule has 0 unspecified atom stereocenters. The van der Waals surface area contributed by atoms with Crippen molar-refractivity contribution in [1.82, 2.24) is 5.32 Å². The van der Waals surface area contributed by atoms with Crippen LogP contribution >= 0.6 is 0 Å². The zero-order chi connectivity index (χ0) is 12.5. The van der Waals surface area contributed by atoms with Crippen LogP contribution in [-0.4, -0.2) is 13.6 Å². The van der Waals surface area contributed by atoms with E-state index >= 15 is 0 Å². The van der Waals surface area contributed by atoms with Crippen LogP contribution in [0.3, 0.4) is 0 Å². The van der Waals surface area contributed by atoms with Gasteiger partial charge in [0, 0.05) is 18.0 Å². The van der Waals surface area contributed by atoms with Crippen LogP contribution in [0, 0.1) is 17.6 Å². The van der Waals surface area contributed by atoms with Crippen molar-refractivity contribution in [3.05, 3.63) is 35.4 Å². The first-order chi connectivity index (χ1) is 8.11. The van der Waals surface area contributed by atoms with Crippen molar-refractivity contribution in [3.63, 3.8) is 0 Å². The van der Waals surface area contributed by atoms with Crippen molar-refractivity contribution in [2.24, 2.45) is 5.92 Å². The fourth-order valence-corrected chi connectivity index (χ4v) is 3.05. The number of halogens is 2. The third-order valence-electron chi connectivity index (χ3n) is 3.95. The highest BCUT2D eigenvalue weighted by Gasteiger charge is 2.45. The molecule has 1 aromatic carbocycles. The highest BCUT2D eigenvalue weighted by Crippen LogP contribution is 2.49. The molecule has 0 spiro atoms. The van der Waals surface area contributed by atoms with Gasteiger partial charge in [0.05, 0.1) is 0 Å². The fourth-order valence-electron chi connectivity index (χ4n) is 3.05. The molecule has 2 rings (SSSR count). The van der Waals surface area contributed by atoms with Gasteiger partial charge in [0.15, 0.2) is 0 Å². The van der Waals surface area contributed by atoms with Crippen molar-refractivity contribution in [1.29, 1.82) is 0 Å². The van der Waals surface area contributed by atoms with Crippen molar-refractivity contribution in [2.45, 2.75) is 31.6 Å². The van der Waals surface area contributed by atoms with Gasteiger partial charge in [-0.15, -0.1) is 0 Å². The van der Waals surface area contributed by atoms with Gasteiger partial charge >= 0.3 is 0 Å². The number of benzene rings is 1. The van der Waals surface area contributed by atoms with E-state index < -0.39 is 11.6 Å². The van der Waals surface area contributed by atoms with Gasteiger partial charge in [0.2, 0.25) is 0 Å². The summed E-state index contributed by atoms with van der Waals surface area (Å²) in [6.45, 7) is 2.92. The minimum Gasteiger partial charge on any atom is -0.319 e. The Balaban J connectivity index is 2.28. The van der Waals surface area contributed by atoms with Gasteiger partial charge in [-0.3, -0.25) is 0 Å². The molecule has 3 heteroatoms. The molecule has 1 aliphatic rings. The quantitative estimate of drug-likeness (QED) is 0.850. The Labute approximate surface area is 101 Å². The molecule has 94 valence electrons. The summed E-state index contributed by atoms with van der Waals surface area (Å²) >= 11 is 0. The van der Waals surface area contributed by atoms with Gasteiger partial charge in [0.25, 0.3) is 0 Å². The summed E-state index contributed by atoms with van der Waals surface area (Å²) in [5.41, 5.74) is 0.533. The minimum absolute atomic E-state index is 0.132. The maximum Gasteiger partial charge on any atom is 0.129 e. The molecule has 0 radical (unpaired) electrons. The van der Waals surface area contributed by atoms with Crippen LogP contribution in [-0.2, 0) is 5.41 Å². The largest absolute Gasteiger partial charge is 0.319 e. The predicted octanol–water partition coefficient (Wildman–Crippen LogP) is 3.24. The molecular formula is C14H19F2N. The molecule has 1 saturated carbocycles. The van der Waals surface area contributed by atoms with Gasteiger partial charge < -0.3 is 5.32 Å². The standard InChI is InChI=1S/C14H19F2N/c1-3-10-7-14(8-10,9-17-2)12-5-4-11(15)6-13(12)16/h4-6,10,17H,3,7-9H2,1-2H3. The molecule has 0 heterocycles. The smallest absolute Gasteiger partial charge is 0.129 e. The zero-order valence-electron chi connectivity index (χ0n) is 10.4. The third-order valence-corrected chi connectivity index (χ3v) is 3.95. The average molecular weight is 239 g/mol.